The van der Waals surface area contributed by atoms with Gasteiger partial charge in [0.1, 0.15) is 5.92 Å². The van der Waals surface area contributed by atoms with Crippen molar-refractivity contribution in [1.82, 2.24) is 0 Å². The molecular formula is C11H16O4. The van der Waals surface area contributed by atoms with Crippen LogP contribution in [-0.2, 0) is 14.5 Å². The second-order valence-electron chi connectivity index (χ2n) is 5.45. The Hall–Kier alpha value is -0.900. The Morgan fingerprint density at radius 1 is 1.47 bits per heavy atom. The van der Waals surface area contributed by atoms with Gasteiger partial charge in [0.05, 0.1) is 0 Å². The fourth-order valence-electron chi connectivity index (χ4n) is 3.41. The highest BCUT2D eigenvalue weighted by Crippen LogP contribution is 2.65. The SMILES string of the molecule is CC1(C)[C@H]2CC[C@]1(C)C(=O)C2C(=O)OO. The highest BCUT2D eigenvalue weighted by Gasteiger charge is 2.68. The van der Waals surface area contributed by atoms with Crippen LogP contribution in [0.1, 0.15) is 33.6 Å². The zero-order valence-corrected chi connectivity index (χ0v) is 9.24. The minimum absolute atomic E-state index is 0.00894. The van der Waals surface area contributed by atoms with Crippen molar-refractivity contribution in [3.8, 4) is 0 Å². The Balaban J connectivity index is 2.42. The average molecular weight is 212 g/mol. The third kappa shape index (κ3) is 1.00. The summed E-state index contributed by atoms with van der Waals surface area (Å²) in [6, 6.07) is 0. The van der Waals surface area contributed by atoms with Crippen LogP contribution in [0.2, 0.25) is 0 Å². The van der Waals surface area contributed by atoms with Gasteiger partial charge in [-0.25, -0.2) is 4.79 Å². The van der Waals surface area contributed by atoms with Crippen molar-refractivity contribution in [3.63, 3.8) is 0 Å². The van der Waals surface area contributed by atoms with Gasteiger partial charge in [0.25, 0.3) is 0 Å². The lowest BCUT2D eigenvalue weighted by Crippen LogP contribution is -2.35. The van der Waals surface area contributed by atoms with Crippen LogP contribution in [0, 0.1) is 22.7 Å². The molecule has 0 saturated heterocycles. The van der Waals surface area contributed by atoms with Gasteiger partial charge in [-0.1, -0.05) is 20.8 Å². The Morgan fingerprint density at radius 3 is 2.47 bits per heavy atom. The quantitative estimate of drug-likeness (QED) is 0.408. The third-order valence-corrected chi connectivity index (χ3v) is 4.88. The van der Waals surface area contributed by atoms with Gasteiger partial charge < -0.3 is 4.89 Å². The summed E-state index contributed by atoms with van der Waals surface area (Å²) in [4.78, 5) is 27.2. The van der Waals surface area contributed by atoms with Crippen molar-refractivity contribution >= 4 is 11.8 Å². The van der Waals surface area contributed by atoms with E-state index in [1.165, 1.54) is 0 Å². The normalized spacial score (nSPS) is 42.0. The van der Waals surface area contributed by atoms with Crippen LogP contribution in [0.4, 0.5) is 0 Å². The summed E-state index contributed by atoms with van der Waals surface area (Å²) in [5.41, 5.74) is -0.612. The maximum absolute atomic E-state index is 12.1. The Morgan fingerprint density at radius 2 is 2.07 bits per heavy atom. The maximum atomic E-state index is 12.1. The van der Waals surface area contributed by atoms with E-state index in [4.69, 9.17) is 5.26 Å². The van der Waals surface area contributed by atoms with Gasteiger partial charge in [-0.05, 0) is 24.2 Å². The van der Waals surface area contributed by atoms with Gasteiger partial charge in [0.15, 0.2) is 5.78 Å². The Labute approximate surface area is 88.5 Å². The second kappa shape index (κ2) is 2.82. The van der Waals surface area contributed by atoms with Crippen molar-refractivity contribution in [1.29, 1.82) is 0 Å². The molecule has 15 heavy (non-hydrogen) atoms. The molecule has 2 aliphatic rings. The zero-order chi connectivity index (χ0) is 11.4. The molecule has 2 bridgehead atoms. The number of hydrogen-bond acceptors (Lipinski definition) is 4. The van der Waals surface area contributed by atoms with Gasteiger partial charge in [-0.2, -0.15) is 5.26 Å². The van der Waals surface area contributed by atoms with E-state index in [0.29, 0.717) is 0 Å². The topological polar surface area (TPSA) is 63.6 Å². The van der Waals surface area contributed by atoms with E-state index >= 15 is 0 Å². The van der Waals surface area contributed by atoms with Crippen molar-refractivity contribution < 1.29 is 19.7 Å². The summed E-state index contributed by atoms with van der Waals surface area (Å²) in [6.45, 7) is 5.96. The largest absolute Gasteiger partial charge is 0.352 e. The maximum Gasteiger partial charge on any atom is 0.352 e. The van der Waals surface area contributed by atoms with E-state index in [1.54, 1.807) is 0 Å². The van der Waals surface area contributed by atoms with E-state index in [-0.39, 0.29) is 17.1 Å². The van der Waals surface area contributed by atoms with E-state index in [1.807, 2.05) is 20.8 Å². The van der Waals surface area contributed by atoms with Gasteiger partial charge >= 0.3 is 5.97 Å². The molecular weight excluding hydrogens is 196 g/mol. The number of rotatable bonds is 1. The summed E-state index contributed by atoms with van der Waals surface area (Å²) in [5.74, 6) is -1.61. The number of Topliss-reactive ketones (excluding diaryl/α,β-unsaturated/α-hetero) is 1. The molecule has 0 amide bonds. The lowest BCUT2D eigenvalue weighted by molar-refractivity contribution is -0.239. The first-order chi connectivity index (χ1) is 6.86. The molecule has 0 heterocycles. The number of carbonyl (C=O) groups is 2. The van der Waals surface area contributed by atoms with Crippen LogP contribution >= 0.6 is 0 Å². The van der Waals surface area contributed by atoms with Gasteiger partial charge in [0.2, 0.25) is 0 Å². The minimum Gasteiger partial charge on any atom is -0.300 e. The number of fused-ring (bicyclic) bond motifs is 2. The number of ketones is 1. The molecule has 4 heteroatoms. The smallest absolute Gasteiger partial charge is 0.300 e. The molecule has 3 atom stereocenters. The van der Waals surface area contributed by atoms with Crippen molar-refractivity contribution in [2.24, 2.45) is 22.7 Å². The molecule has 0 aromatic rings. The van der Waals surface area contributed by atoms with Crippen molar-refractivity contribution in [3.05, 3.63) is 0 Å². The monoisotopic (exact) mass is 212 g/mol. The molecule has 84 valence electrons. The van der Waals surface area contributed by atoms with Crippen LogP contribution < -0.4 is 0 Å². The van der Waals surface area contributed by atoms with E-state index in [2.05, 4.69) is 4.89 Å². The Kier molecular flexibility index (Phi) is 1.99. The summed E-state index contributed by atoms with van der Waals surface area (Å²) in [5, 5.41) is 8.39. The van der Waals surface area contributed by atoms with Crippen LogP contribution in [0.25, 0.3) is 0 Å². The molecule has 0 radical (unpaired) electrons. The van der Waals surface area contributed by atoms with Crippen LogP contribution in [0.5, 0.6) is 0 Å². The highest BCUT2D eigenvalue weighted by atomic mass is 17.1. The molecule has 2 rings (SSSR count). The van der Waals surface area contributed by atoms with Crippen LogP contribution in [-0.4, -0.2) is 17.0 Å². The summed E-state index contributed by atoms with van der Waals surface area (Å²) in [7, 11) is 0. The molecule has 0 spiro atoms. The lowest BCUT2D eigenvalue weighted by atomic mass is 9.70. The summed E-state index contributed by atoms with van der Waals surface area (Å²) >= 11 is 0. The van der Waals surface area contributed by atoms with Crippen LogP contribution in [0.3, 0.4) is 0 Å². The van der Waals surface area contributed by atoms with E-state index < -0.39 is 17.3 Å². The highest BCUT2D eigenvalue weighted by molar-refractivity contribution is 6.05. The standard InChI is InChI=1S/C11H16O4/c1-10(2)6-4-5-11(10,3)8(12)7(6)9(13)15-14/h6-7,14H,4-5H2,1-3H3/t6-,7?,11+/m0/s1. The fraction of sp³-hybridized carbons (Fsp3) is 0.818. The molecule has 1 N–H and O–H groups in total. The molecule has 1 unspecified atom stereocenters. The summed E-state index contributed by atoms with van der Waals surface area (Å²) in [6.07, 6.45) is 1.69. The molecule has 0 aliphatic heterocycles. The minimum atomic E-state index is -0.790. The summed E-state index contributed by atoms with van der Waals surface area (Å²) < 4.78 is 0. The number of carbonyl (C=O) groups excluding carboxylic acids is 2. The molecule has 2 aliphatic carbocycles. The zero-order valence-electron chi connectivity index (χ0n) is 9.24. The van der Waals surface area contributed by atoms with Crippen molar-refractivity contribution in [2.45, 2.75) is 33.6 Å². The first-order valence-electron chi connectivity index (χ1n) is 5.26. The molecule has 2 saturated carbocycles. The fourth-order valence-corrected chi connectivity index (χ4v) is 3.41. The second-order valence-corrected chi connectivity index (χ2v) is 5.45. The predicted octanol–water partition coefficient (Wildman–Crippen LogP) is 1.64. The van der Waals surface area contributed by atoms with E-state index in [9.17, 15) is 9.59 Å². The predicted molar refractivity (Wildman–Crippen MR) is 51.8 cm³/mol. The third-order valence-electron chi connectivity index (χ3n) is 4.88. The average Bonchev–Trinajstić information content (AvgIpc) is 2.48. The Bertz CT molecular complexity index is 333. The van der Waals surface area contributed by atoms with Gasteiger partial charge in [-0.3, -0.25) is 4.79 Å². The molecule has 4 nitrogen and oxygen atoms in total. The first kappa shape index (κ1) is 10.6. The van der Waals surface area contributed by atoms with Crippen molar-refractivity contribution in [2.75, 3.05) is 0 Å². The van der Waals surface area contributed by atoms with E-state index in [0.717, 1.165) is 12.8 Å². The number of hydrogen-bond donors (Lipinski definition) is 1. The first-order valence-corrected chi connectivity index (χ1v) is 5.26. The van der Waals surface area contributed by atoms with Crippen LogP contribution in [0.15, 0.2) is 0 Å². The molecule has 2 fully saturated rings. The lowest BCUT2D eigenvalue weighted by Gasteiger charge is -2.32. The van der Waals surface area contributed by atoms with Gasteiger partial charge in [0, 0.05) is 5.41 Å². The molecule has 0 aromatic carbocycles. The molecule has 0 aromatic heterocycles. The van der Waals surface area contributed by atoms with Gasteiger partial charge in [-0.15, -0.1) is 0 Å².